The summed E-state index contributed by atoms with van der Waals surface area (Å²) >= 11 is 0. The van der Waals surface area contributed by atoms with Crippen LogP contribution in [0.2, 0.25) is 0 Å². The fourth-order valence-corrected chi connectivity index (χ4v) is 3.22. The van der Waals surface area contributed by atoms with Gasteiger partial charge in [0, 0.05) is 5.56 Å². The van der Waals surface area contributed by atoms with E-state index >= 15 is 0 Å². The van der Waals surface area contributed by atoms with E-state index < -0.39 is 0 Å². The quantitative estimate of drug-likeness (QED) is 0.868. The fraction of sp³-hybridized carbons (Fsp3) is 0.474. The Balaban J connectivity index is 1.79. The first-order valence-corrected chi connectivity index (χ1v) is 8.38. The summed E-state index contributed by atoms with van der Waals surface area (Å²) in [7, 11) is 0. The lowest BCUT2D eigenvalue weighted by Crippen LogP contribution is -2.53. The average Bonchev–Trinajstić information content (AvgIpc) is 2.88. The molecule has 5 heteroatoms. The van der Waals surface area contributed by atoms with Crippen molar-refractivity contribution in [3.8, 4) is 11.5 Å². The highest BCUT2D eigenvalue weighted by Gasteiger charge is 2.30. The molecule has 5 nitrogen and oxygen atoms in total. The van der Waals surface area contributed by atoms with E-state index in [1.807, 2.05) is 56.9 Å². The number of hydrogen-bond acceptors (Lipinski definition) is 4. The number of carbonyl (C=O) groups is 1. The standard InChI is InChI=1S/C19H24N2O3/c1-12-6-5-7-16(8-12)19-20-17(15(4)24-19)9-18(22)21-13(2)10-23-11-14(21)3/h5-8,13-14H,9-11H2,1-4H3. The molecule has 1 aliphatic heterocycles. The van der Waals surface area contributed by atoms with Gasteiger partial charge in [-0.15, -0.1) is 0 Å². The lowest BCUT2D eigenvalue weighted by atomic mass is 10.1. The van der Waals surface area contributed by atoms with Crippen molar-refractivity contribution in [2.75, 3.05) is 13.2 Å². The summed E-state index contributed by atoms with van der Waals surface area (Å²) in [5.74, 6) is 1.35. The maximum atomic E-state index is 12.7. The number of nitrogens with zero attached hydrogens (tertiary/aromatic N) is 2. The lowest BCUT2D eigenvalue weighted by Gasteiger charge is -2.38. The van der Waals surface area contributed by atoms with Crippen molar-refractivity contribution in [1.29, 1.82) is 0 Å². The first-order chi connectivity index (χ1) is 11.5. The van der Waals surface area contributed by atoms with Crippen molar-refractivity contribution in [1.82, 2.24) is 9.88 Å². The molecule has 1 aliphatic rings. The molecule has 0 radical (unpaired) electrons. The molecule has 0 saturated carbocycles. The molecule has 128 valence electrons. The van der Waals surface area contributed by atoms with Crippen molar-refractivity contribution in [2.24, 2.45) is 0 Å². The Morgan fingerprint density at radius 1 is 1.25 bits per heavy atom. The van der Waals surface area contributed by atoms with Gasteiger partial charge >= 0.3 is 0 Å². The van der Waals surface area contributed by atoms with Crippen LogP contribution >= 0.6 is 0 Å². The van der Waals surface area contributed by atoms with Gasteiger partial charge in [-0.05, 0) is 39.8 Å². The molecular formula is C19H24N2O3. The Morgan fingerprint density at radius 2 is 1.96 bits per heavy atom. The van der Waals surface area contributed by atoms with E-state index in [0.717, 1.165) is 11.1 Å². The molecule has 0 N–H and O–H groups in total. The van der Waals surface area contributed by atoms with Crippen LogP contribution in [0.1, 0.15) is 30.9 Å². The van der Waals surface area contributed by atoms with Gasteiger partial charge in [0.1, 0.15) is 5.76 Å². The Labute approximate surface area is 142 Å². The Hall–Kier alpha value is -2.14. The normalized spacial score (nSPS) is 21.1. The van der Waals surface area contributed by atoms with Crippen molar-refractivity contribution in [3.63, 3.8) is 0 Å². The molecule has 1 fully saturated rings. The molecule has 1 saturated heterocycles. The summed E-state index contributed by atoms with van der Waals surface area (Å²) in [6.45, 7) is 9.10. The van der Waals surface area contributed by atoms with E-state index in [1.165, 1.54) is 0 Å². The van der Waals surface area contributed by atoms with Crippen molar-refractivity contribution < 1.29 is 13.9 Å². The minimum atomic E-state index is 0.0745. The number of rotatable bonds is 3. The van der Waals surface area contributed by atoms with E-state index in [4.69, 9.17) is 9.15 Å². The Kier molecular flexibility index (Phi) is 4.71. The van der Waals surface area contributed by atoms with Crippen LogP contribution in [-0.2, 0) is 16.0 Å². The third kappa shape index (κ3) is 3.36. The first-order valence-electron chi connectivity index (χ1n) is 8.38. The number of morpholine rings is 1. The maximum absolute atomic E-state index is 12.7. The van der Waals surface area contributed by atoms with E-state index in [0.29, 0.717) is 30.6 Å². The molecule has 0 bridgehead atoms. The van der Waals surface area contributed by atoms with Gasteiger partial charge in [-0.2, -0.15) is 0 Å². The zero-order valence-corrected chi connectivity index (χ0v) is 14.7. The second-order valence-corrected chi connectivity index (χ2v) is 6.60. The molecule has 0 aliphatic carbocycles. The van der Waals surface area contributed by atoms with E-state index in [2.05, 4.69) is 4.98 Å². The molecule has 2 aromatic rings. The highest BCUT2D eigenvalue weighted by atomic mass is 16.5. The Morgan fingerprint density at radius 3 is 2.62 bits per heavy atom. The average molecular weight is 328 g/mol. The predicted molar refractivity (Wildman–Crippen MR) is 91.7 cm³/mol. The molecular weight excluding hydrogens is 304 g/mol. The van der Waals surface area contributed by atoms with Crippen molar-refractivity contribution in [2.45, 2.75) is 46.2 Å². The smallest absolute Gasteiger partial charge is 0.229 e. The molecule has 2 unspecified atom stereocenters. The molecule has 2 heterocycles. The van der Waals surface area contributed by atoms with Crippen molar-refractivity contribution >= 4 is 5.91 Å². The van der Waals surface area contributed by atoms with Gasteiger partial charge < -0.3 is 14.1 Å². The minimum absolute atomic E-state index is 0.0745. The van der Waals surface area contributed by atoms with Crippen LogP contribution in [0.5, 0.6) is 0 Å². The largest absolute Gasteiger partial charge is 0.441 e. The molecule has 1 amide bonds. The van der Waals surface area contributed by atoms with Gasteiger partial charge in [0.25, 0.3) is 0 Å². The minimum Gasteiger partial charge on any atom is -0.441 e. The summed E-state index contributed by atoms with van der Waals surface area (Å²) in [5.41, 5.74) is 2.80. The predicted octanol–water partition coefficient (Wildman–Crippen LogP) is 3.14. The highest BCUT2D eigenvalue weighted by molar-refractivity contribution is 5.79. The van der Waals surface area contributed by atoms with E-state index in [9.17, 15) is 4.79 Å². The second-order valence-electron chi connectivity index (χ2n) is 6.60. The van der Waals surface area contributed by atoms with Gasteiger partial charge in [0.2, 0.25) is 11.8 Å². The number of aryl methyl sites for hydroxylation is 2. The maximum Gasteiger partial charge on any atom is 0.229 e. The van der Waals surface area contributed by atoms with E-state index in [1.54, 1.807) is 0 Å². The van der Waals surface area contributed by atoms with Crippen LogP contribution in [0.4, 0.5) is 0 Å². The molecule has 1 aromatic carbocycles. The topological polar surface area (TPSA) is 55.6 Å². The number of oxazole rings is 1. The van der Waals surface area contributed by atoms with Crippen molar-refractivity contribution in [3.05, 3.63) is 41.3 Å². The summed E-state index contributed by atoms with van der Waals surface area (Å²) in [5, 5.41) is 0. The zero-order chi connectivity index (χ0) is 17.3. The van der Waals surface area contributed by atoms with Crippen LogP contribution in [0.3, 0.4) is 0 Å². The molecule has 24 heavy (non-hydrogen) atoms. The molecule has 1 aromatic heterocycles. The number of benzene rings is 1. The SMILES string of the molecule is Cc1cccc(-c2nc(CC(=O)N3C(C)COCC3C)c(C)o2)c1. The van der Waals surface area contributed by atoms with Crippen LogP contribution in [-0.4, -0.2) is 41.1 Å². The summed E-state index contributed by atoms with van der Waals surface area (Å²) in [6.07, 6.45) is 0.260. The number of hydrogen-bond donors (Lipinski definition) is 0. The van der Waals surface area contributed by atoms with Gasteiger partial charge in [-0.3, -0.25) is 4.79 Å². The van der Waals surface area contributed by atoms with Gasteiger partial charge in [-0.25, -0.2) is 4.98 Å². The summed E-state index contributed by atoms with van der Waals surface area (Å²) in [6, 6.07) is 8.19. The Bertz CT molecular complexity index is 728. The van der Waals surface area contributed by atoms with Gasteiger partial charge in [0.05, 0.1) is 37.4 Å². The lowest BCUT2D eigenvalue weighted by molar-refractivity contribution is -0.143. The van der Waals surface area contributed by atoms with E-state index in [-0.39, 0.29) is 24.4 Å². The fourth-order valence-electron chi connectivity index (χ4n) is 3.22. The summed E-state index contributed by atoms with van der Waals surface area (Å²) < 4.78 is 11.3. The van der Waals surface area contributed by atoms with Gasteiger partial charge in [0.15, 0.2) is 0 Å². The van der Waals surface area contributed by atoms with Crippen LogP contribution in [0.25, 0.3) is 11.5 Å². The highest BCUT2D eigenvalue weighted by Crippen LogP contribution is 2.24. The third-order valence-corrected chi connectivity index (χ3v) is 4.43. The monoisotopic (exact) mass is 328 g/mol. The number of ether oxygens (including phenoxy) is 1. The zero-order valence-electron chi connectivity index (χ0n) is 14.7. The third-order valence-electron chi connectivity index (χ3n) is 4.43. The molecule has 0 spiro atoms. The number of aromatic nitrogens is 1. The van der Waals surface area contributed by atoms with Crippen LogP contribution in [0.15, 0.2) is 28.7 Å². The number of carbonyl (C=O) groups excluding carboxylic acids is 1. The summed E-state index contributed by atoms with van der Waals surface area (Å²) in [4.78, 5) is 19.2. The first kappa shape index (κ1) is 16.7. The second kappa shape index (κ2) is 6.77. The van der Waals surface area contributed by atoms with Gasteiger partial charge in [-0.1, -0.05) is 17.7 Å². The molecule has 3 rings (SSSR count). The van der Waals surface area contributed by atoms with Crippen LogP contribution < -0.4 is 0 Å². The molecule has 2 atom stereocenters. The van der Waals surface area contributed by atoms with Crippen LogP contribution in [0, 0.1) is 13.8 Å². The number of amides is 1.